The molecule has 0 fully saturated rings. The smallest absolute Gasteiger partial charge is 0.201 e. The van der Waals surface area contributed by atoms with Crippen molar-refractivity contribution < 1.29 is 0 Å². The molecule has 0 radical (unpaired) electrons. The Kier molecular flexibility index (Phi) is 3.74. The molecule has 21 heavy (non-hydrogen) atoms. The highest BCUT2D eigenvalue weighted by Gasteiger charge is 2.13. The lowest BCUT2D eigenvalue weighted by atomic mass is 10.3. The summed E-state index contributed by atoms with van der Waals surface area (Å²) in [6.45, 7) is 4.02. The number of nitrogens with two attached hydrogens (primary N) is 1. The van der Waals surface area contributed by atoms with Crippen LogP contribution < -0.4 is 5.73 Å². The van der Waals surface area contributed by atoms with E-state index in [0.717, 1.165) is 40.1 Å². The lowest BCUT2D eigenvalue weighted by molar-refractivity contribution is 0.803. The molecule has 0 atom stereocenters. The van der Waals surface area contributed by atoms with E-state index in [2.05, 4.69) is 27.1 Å². The number of rotatable bonds is 4. The Morgan fingerprint density at radius 3 is 2.90 bits per heavy atom. The van der Waals surface area contributed by atoms with Crippen LogP contribution in [0.1, 0.15) is 24.7 Å². The van der Waals surface area contributed by atoms with Crippen LogP contribution in [0.3, 0.4) is 0 Å². The summed E-state index contributed by atoms with van der Waals surface area (Å²) < 4.78 is 1.93. The molecule has 0 unspecified atom stereocenters. The summed E-state index contributed by atoms with van der Waals surface area (Å²) in [5.74, 6) is 1.31. The number of nitrogens with zero attached hydrogens (tertiary/aromatic N) is 5. The highest BCUT2D eigenvalue weighted by molar-refractivity contribution is 7.99. The zero-order valence-electron chi connectivity index (χ0n) is 11.9. The average Bonchev–Trinajstić information content (AvgIpc) is 2.88. The molecule has 3 aromatic heterocycles. The average molecular weight is 300 g/mol. The minimum atomic E-state index is 0.532. The Morgan fingerprint density at radius 1 is 1.24 bits per heavy atom. The van der Waals surface area contributed by atoms with Gasteiger partial charge in [-0.2, -0.15) is 0 Å². The van der Waals surface area contributed by atoms with Crippen LogP contribution in [-0.2, 0) is 6.42 Å². The van der Waals surface area contributed by atoms with Crippen molar-refractivity contribution in [1.82, 2.24) is 24.6 Å². The Bertz CT molecular complexity index is 782. The Morgan fingerprint density at radius 2 is 2.10 bits per heavy atom. The molecule has 0 saturated carbocycles. The van der Waals surface area contributed by atoms with Crippen molar-refractivity contribution in [2.75, 3.05) is 5.73 Å². The van der Waals surface area contributed by atoms with Gasteiger partial charge in [-0.3, -0.25) is 4.40 Å². The van der Waals surface area contributed by atoms with E-state index >= 15 is 0 Å². The first-order valence-electron chi connectivity index (χ1n) is 6.79. The summed E-state index contributed by atoms with van der Waals surface area (Å²) in [5, 5.41) is 9.96. The van der Waals surface area contributed by atoms with Crippen LogP contribution in [0.4, 0.5) is 5.82 Å². The van der Waals surface area contributed by atoms with Gasteiger partial charge in [-0.15, -0.1) is 10.2 Å². The lowest BCUT2D eigenvalue weighted by Crippen LogP contribution is -2.04. The number of aryl methyl sites for hydroxylation is 1. The topological polar surface area (TPSA) is 82.0 Å². The molecular formula is C14H16N6S. The van der Waals surface area contributed by atoms with E-state index in [4.69, 9.17) is 5.73 Å². The number of aromatic nitrogens is 5. The number of nitrogen functional groups attached to an aromatic ring is 1. The lowest BCUT2D eigenvalue weighted by Gasteiger charge is -2.08. The van der Waals surface area contributed by atoms with Crippen LogP contribution in [0.25, 0.3) is 5.65 Å². The Balaban J connectivity index is 2.01. The van der Waals surface area contributed by atoms with Crippen LogP contribution in [0, 0.1) is 6.92 Å². The number of pyridine rings is 1. The zero-order valence-corrected chi connectivity index (χ0v) is 12.8. The molecule has 0 spiro atoms. The third-order valence-corrected chi connectivity index (χ3v) is 4.18. The molecule has 3 aromatic rings. The maximum absolute atomic E-state index is 5.99. The summed E-state index contributed by atoms with van der Waals surface area (Å²) in [5.41, 5.74) is 7.68. The molecule has 6 nitrogen and oxygen atoms in total. The molecule has 0 aliphatic rings. The SMILES string of the molecule is CCCc1nc(N)c(C)c(Sc2nnc3ccccn23)n1. The minimum absolute atomic E-state index is 0.532. The maximum Gasteiger partial charge on any atom is 0.201 e. The summed E-state index contributed by atoms with van der Waals surface area (Å²) in [6, 6.07) is 5.80. The van der Waals surface area contributed by atoms with Gasteiger partial charge < -0.3 is 5.73 Å². The first-order chi connectivity index (χ1) is 10.2. The maximum atomic E-state index is 5.99. The molecule has 0 amide bonds. The van der Waals surface area contributed by atoms with Crippen LogP contribution in [0.5, 0.6) is 0 Å². The number of hydrogen-bond acceptors (Lipinski definition) is 6. The normalized spacial score (nSPS) is 11.1. The predicted molar refractivity (Wildman–Crippen MR) is 82.3 cm³/mol. The standard InChI is InChI=1S/C14H16N6S/c1-3-6-10-16-12(15)9(2)13(17-10)21-14-19-18-11-7-4-5-8-20(11)14/h4-5,7-8H,3,6H2,1-2H3,(H2,15,16,17). The van der Waals surface area contributed by atoms with E-state index in [1.165, 1.54) is 11.8 Å². The van der Waals surface area contributed by atoms with Gasteiger partial charge in [0, 0.05) is 18.2 Å². The summed E-state index contributed by atoms with van der Waals surface area (Å²) in [4.78, 5) is 8.92. The van der Waals surface area contributed by atoms with E-state index in [0.29, 0.717) is 5.82 Å². The molecule has 2 N–H and O–H groups in total. The van der Waals surface area contributed by atoms with Gasteiger partial charge in [0.25, 0.3) is 0 Å². The highest BCUT2D eigenvalue weighted by atomic mass is 32.2. The van der Waals surface area contributed by atoms with Crippen molar-refractivity contribution >= 4 is 23.2 Å². The van der Waals surface area contributed by atoms with Gasteiger partial charge in [0.15, 0.2) is 5.65 Å². The molecule has 0 aromatic carbocycles. The fraction of sp³-hybridized carbons (Fsp3) is 0.286. The molecular weight excluding hydrogens is 284 g/mol. The van der Waals surface area contributed by atoms with Crippen molar-refractivity contribution in [3.05, 3.63) is 35.8 Å². The second kappa shape index (κ2) is 5.69. The zero-order chi connectivity index (χ0) is 14.8. The molecule has 3 heterocycles. The van der Waals surface area contributed by atoms with Crippen molar-refractivity contribution in [3.63, 3.8) is 0 Å². The van der Waals surface area contributed by atoms with Crippen molar-refractivity contribution in [2.24, 2.45) is 0 Å². The van der Waals surface area contributed by atoms with E-state index in [1.807, 2.05) is 35.7 Å². The fourth-order valence-corrected chi connectivity index (χ4v) is 2.88. The largest absolute Gasteiger partial charge is 0.383 e. The number of fused-ring (bicyclic) bond motifs is 1. The molecule has 7 heteroatoms. The monoisotopic (exact) mass is 300 g/mol. The van der Waals surface area contributed by atoms with Crippen molar-refractivity contribution in [3.8, 4) is 0 Å². The van der Waals surface area contributed by atoms with E-state index in [1.54, 1.807) is 0 Å². The van der Waals surface area contributed by atoms with Gasteiger partial charge in [-0.05, 0) is 37.2 Å². The first kappa shape index (κ1) is 13.8. The van der Waals surface area contributed by atoms with E-state index in [-0.39, 0.29) is 0 Å². The summed E-state index contributed by atoms with van der Waals surface area (Å²) in [6.07, 6.45) is 3.74. The molecule has 0 bridgehead atoms. The Hall–Kier alpha value is -2.15. The molecule has 3 rings (SSSR count). The summed E-state index contributed by atoms with van der Waals surface area (Å²) >= 11 is 1.46. The third kappa shape index (κ3) is 2.69. The van der Waals surface area contributed by atoms with Gasteiger partial charge in [-0.25, -0.2) is 9.97 Å². The van der Waals surface area contributed by atoms with E-state index < -0.39 is 0 Å². The molecule has 0 saturated heterocycles. The van der Waals surface area contributed by atoms with Crippen LogP contribution in [0.2, 0.25) is 0 Å². The van der Waals surface area contributed by atoms with Gasteiger partial charge in [0.05, 0.1) is 0 Å². The third-order valence-electron chi connectivity index (χ3n) is 3.13. The van der Waals surface area contributed by atoms with Crippen molar-refractivity contribution in [2.45, 2.75) is 36.9 Å². The van der Waals surface area contributed by atoms with Gasteiger partial charge >= 0.3 is 0 Å². The fourth-order valence-electron chi connectivity index (χ4n) is 1.97. The first-order valence-corrected chi connectivity index (χ1v) is 7.61. The second-order valence-corrected chi connectivity index (χ2v) is 5.67. The van der Waals surface area contributed by atoms with Crippen LogP contribution >= 0.6 is 11.8 Å². The Labute approximate surface area is 126 Å². The van der Waals surface area contributed by atoms with Gasteiger partial charge in [0.1, 0.15) is 16.7 Å². The predicted octanol–water partition coefficient (Wildman–Crippen LogP) is 2.51. The molecule has 0 aliphatic heterocycles. The van der Waals surface area contributed by atoms with Crippen LogP contribution in [-0.4, -0.2) is 24.6 Å². The molecule has 108 valence electrons. The quantitative estimate of drug-likeness (QED) is 0.746. The highest BCUT2D eigenvalue weighted by Crippen LogP contribution is 2.29. The summed E-state index contributed by atoms with van der Waals surface area (Å²) in [7, 11) is 0. The van der Waals surface area contributed by atoms with Gasteiger partial charge in [-0.1, -0.05) is 13.0 Å². The van der Waals surface area contributed by atoms with Crippen molar-refractivity contribution in [1.29, 1.82) is 0 Å². The second-order valence-electron chi connectivity index (χ2n) is 4.72. The minimum Gasteiger partial charge on any atom is -0.383 e. The van der Waals surface area contributed by atoms with Gasteiger partial charge in [0.2, 0.25) is 5.16 Å². The number of hydrogen-bond donors (Lipinski definition) is 1. The molecule has 0 aliphatic carbocycles. The van der Waals surface area contributed by atoms with E-state index in [9.17, 15) is 0 Å². The number of anilines is 1. The van der Waals surface area contributed by atoms with Crippen LogP contribution in [0.15, 0.2) is 34.6 Å².